The maximum absolute atomic E-state index is 12.0. The maximum atomic E-state index is 12.0. The highest BCUT2D eigenvalue weighted by Gasteiger charge is 2.09. The Kier molecular flexibility index (Phi) is 4.82. The molecule has 0 saturated heterocycles. The quantitative estimate of drug-likeness (QED) is 0.856. The van der Waals surface area contributed by atoms with Gasteiger partial charge in [0, 0.05) is 36.0 Å². The fraction of sp³-hybridized carbons (Fsp3) is 0.235. The molecule has 0 aliphatic rings. The van der Waals surface area contributed by atoms with Crippen LogP contribution in [0.3, 0.4) is 0 Å². The maximum Gasteiger partial charge on any atom is 0.224 e. The molecular formula is C17H18N2O2. The highest BCUT2D eigenvalue weighted by atomic mass is 16.2. The summed E-state index contributed by atoms with van der Waals surface area (Å²) in [6.07, 6.45) is 2.02. The zero-order chi connectivity index (χ0) is 15.2. The molecule has 0 radical (unpaired) electrons. The summed E-state index contributed by atoms with van der Waals surface area (Å²) in [6, 6.07) is 10.9. The first-order valence-corrected chi connectivity index (χ1v) is 6.87. The van der Waals surface area contributed by atoms with Gasteiger partial charge >= 0.3 is 0 Å². The summed E-state index contributed by atoms with van der Waals surface area (Å²) in [5, 5.41) is 2.77. The van der Waals surface area contributed by atoms with Crippen LogP contribution in [0.15, 0.2) is 42.6 Å². The van der Waals surface area contributed by atoms with E-state index < -0.39 is 0 Å². The van der Waals surface area contributed by atoms with Gasteiger partial charge in [-0.2, -0.15) is 0 Å². The molecule has 1 amide bonds. The van der Waals surface area contributed by atoms with Crippen molar-refractivity contribution in [2.45, 2.75) is 26.7 Å². The van der Waals surface area contributed by atoms with Crippen LogP contribution in [0, 0.1) is 13.8 Å². The second kappa shape index (κ2) is 6.79. The number of aromatic nitrogens is 1. The van der Waals surface area contributed by atoms with Crippen molar-refractivity contribution in [3.8, 4) is 0 Å². The first-order valence-electron chi connectivity index (χ1n) is 6.87. The normalized spacial score (nSPS) is 10.2. The molecule has 0 saturated carbocycles. The Morgan fingerprint density at radius 1 is 1.05 bits per heavy atom. The van der Waals surface area contributed by atoms with Crippen LogP contribution in [0.2, 0.25) is 0 Å². The lowest BCUT2D eigenvalue weighted by atomic mass is 10.0. The lowest BCUT2D eigenvalue weighted by Gasteiger charge is -2.05. The van der Waals surface area contributed by atoms with Crippen LogP contribution >= 0.6 is 0 Å². The third-order valence-electron chi connectivity index (χ3n) is 3.13. The van der Waals surface area contributed by atoms with Gasteiger partial charge in [-0.3, -0.25) is 14.6 Å². The van der Waals surface area contributed by atoms with E-state index in [1.807, 2.05) is 26.0 Å². The van der Waals surface area contributed by atoms with Crippen molar-refractivity contribution in [2.75, 3.05) is 5.32 Å². The minimum Gasteiger partial charge on any atom is -0.326 e. The van der Waals surface area contributed by atoms with Gasteiger partial charge < -0.3 is 5.32 Å². The Morgan fingerprint density at radius 2 is 1.76 bits per heavy atom. The zero-order valence-corrected chi connectivity index (χ0v) is 12.2. The topological polar surface area (TPSA) is 59.1 Å². The lowest BCUT2D eigenvalue weighted by molar-refractivity contribution is -0.116. The van der Waals surface area contributed by atoms with Gasteiger partial charge in [0.2, 0.25) is 5.91 Å². The largest absolute Gasteiger partial charge is 0.326 e. The van der Waals surface area contributed by atoms with Crippen molar-refractivity contribution in [3.63, 3.8) is 0 Å². The highest BCUT2D eigenvalue weighted by Crippen LogP contribution is 2.10. The number of nitrogens with zero attached hydrogens (tertiary/aromatic N) is 1. The summed E-state index contributed by atoms with van der Waals surface area (Å²) < 4.78 is 0. The van der Waals surface area contributed by atoms with E-state index in [1.165, 1.54) is 0 Å². The molecule has 0 atom stereocenters. The monoisotopic (exact) mass is 282 g/mol. The SMILES string of the molecule is Cc1ccc(C(=O)CCC(=O)Nc2ccnc(C)c2)cc1. The van der Waals surface area contributed by atoms with Gasteiger partial charge in [-0.15, -0.1) is 0 Å². The third kappa shape index (κ3) is 4.53. The van der Waals surface area contributed by atoms with Gasteiger partial charge in [0.1, 0.15) is 0 Å². The predicted molar refractivity (Wildman–Crippen MR) is 82.3 cm³/mol. The van der Waals surface area contributed by atoms with Crippen molar-refractivity contribution in [1.82, 2.24) is 4.98 Å². The fourth-order valence-electron chi connectivity index (χ4n) is 1.96. The average molecular weight is 282 g/mol. The van der Waals surface area contributed by atoms with Gasteiger partial charge in [-0.25, -0.2) is 0 Å². The predicted octanol–water partition coefficient (Wildman–Crippen LogP) is 3.30. The molecule has 108 valence electrons. The molecule has 21 heavy (non-hydrogen) atoms. The van der Waals surface area contributed by atoms with Crippen molar-refractivity contribution in [2.24, 2.45) is 0 Å². The Morgan fingerprint density at radius 3 is 2.43 bits per heavy atom. The van der Waals surface area contributed by atoms with E-state index in [1.54, 1.807) is 30.5 Å². The molecule has 0 spiro atoms. The number of nitrogens with one attached hydrogen (secondary N) is 1. The Labute approximate surface area is 124 Å². The molecule has 2 rings (SSSR count). The Balaban J connectivity index is 1.86. The molecule has 1 N–H and O–H groups in total. The number of amides is 1. The minimum atomic E-state index is -0.166. The van der Waals surface area contributed by atoms with Gasteiger partial charge in [0.15, 0.2) is 5.78 Å². The number of aryl methyl sites for hydroxylation is 2. The van der Waals surface area contributed by atoms with Gasteiger partial charge in [-0.1, -0.05) is 29.8 Å². The minimum absolute atomic E-state index is 0.0175. The van der Waals surface area contributed by atoms with Crippen molar-refractivity contribution >= 4 is 17.4 Å². The number of hydrogen-bond donors (Lipinski definition) is 1. The van der Waals surface area contributed by atoms with E-state index in [2.05, 4.69) is 10.3 Å². The number of rotatable bonds is 5. The van der Waals surface area contributed by atoms with E-state index in [0.717, 1.165) is 11.3 Å². The summed E-state index contributed by atoms with van der Waals surface area (Å²) in [5.74, 6) is -0.183. The highest BCUT2D eigenvalue weighted by molar-refractivity contribution is 6.00. The molecule has 1 aromatic carbocycles. The van der Waals surface area contributed by atoms with Crippen LogP contribution in [0.1, 0.15) is 34.5 Å². The lowest BCUT2D eigenvalue weighted by Crippen LogP contribution is -2.13. The molecule has 4 nitrogen and oxygen atoms in total. The zero-order valence-electron chi connectivity index (χ0n) is 12.2. The van der Waals surface area contributed by atoms with Crippen molar-refractivity contribution in [1.29, 1.82) is 0 Å². The summed E-state index contributed by atoms with van der Waals surface area (Å²) in [7, 11) is 0. The fourth-order valence-corrected chi connectivity index (χ4v) is 1.96. The van der Waals surface area contributed by atoms with E-state index in [-0.39, 0.29) is 24.5 Å². The second-order valence-corrected chi connectivity index (χ2v) is 5.02. The Bertz CT molecular complexity index is 648. The number of benzene rings is 1. The average Bonchev–Trinajstić information content (AvgIpc) is 2.45. The third-order valence-corrected chi connectivity index (χ3v) is 3.13. The van der Waals surface area contributed by atoms with E-state index in [9.17, 15) is 9.59 Å². The number of anilines is 1. The number of pyridine rings is 1. The molecule has 0 aliphatic heterocycles. The van der Waals surface area contributed by atoms with E-state index >= 15 is 0 Å². The van der Waals surface area contributed by atoms with Crippen LogP contribution in [0.4, 0.5) is 5.69 Å². The summed E-state index contributed by atoms with van der Waals surface area (Å²) in [6.45, 7) is 3.83. The summed E-state index contributed by atoms with van der Waals surface area (Å²) >= 11 is 0. The first kappa shape index (κ1) is 14.9. The Hall–Kier alpha value is -2.49. The molecule has 0 fully saturated rings. The van der Waals surface area contributed by atoms with Gasteiger partial charge in [0.05, 0.1) is 0 Å². The van der Waals surface area contributed by atoms with Crippen molar-refractivity contribution in [3.05, 3.63) is 59.4 Å². The number of hydrogen-bond acceptors (Lipinski definition) is 3. The summed E-state index contributed by atoms with van der Waals surface area (Å²) in [4.78, 5) is 27.9. The second-order valence-electron chi connectivity index (χ2n) is 5.02. The van der Waals surface area contributed by atoms with Crippen molar-refractivity contribution < 1.29 is 9.59 Å². The number of ketones is 1. The molecule has 4 heteroatoms. The van der Waals surface area contributed by atoms with Crippen LogP contribution < -0.4 is 5.32 Å². The standard InChI is InChI=1S/C17H18N2O2/c1-12-3-5-14(6-4-12)16(20)7-8-17(21)19-15-9-10-18-13(2)11-15/h3-6,9-11H,7-8H2,1-2H3,(H,18,19,21). The molecule has 0 unspecified atom stereocenters. The first-order chi connectivity index (χ1) is 10.0. The number of carbonyl (C=O) groups excluding carboxylic acids is 2. The van der Waals surface area contributed by atoms with Gasteiger partial charge in [0.25, 0.3) is 0 Å². The molecule has 1 heterocycles. The molecule has 2 aromatic rings. The number of Topliss-reactive ketones (excluding diaryl/α,β-unsaturated/α-hetero) is 1. The molecular weight excluding hydrogens is 264 g/mol. The smallest absolute Gasteiger partial charge is 0.224 e. The van der Waals surface area contributed by atoms with Crippen LogP contribution in [-0.2, 0) is 4.79 Å². The van der Waals surface area contributed by atoms with Gasteiger partial charge in [-0.05, 0) is 26.0 Å². The van der Waals surface area contributed by atoms with Crippen LogP contribution in [-0.4, -0.2) is 16.7 Å². The van der Waals surface area contributed by atoms with E-state index in [4.69, 9.17) is 0 Å². The molecule has 1 aromatic heterocycles. The summed E-state index contributed by atoms with van der Waals surface area (Å²) in [5.41, 5.74) is 3.30. The van der Waals surface area contributed by atoms with Crippen LogP contribution in [0.5, 0.6) is 0 Å². The number of carbonyl (C=O) groups is 2. The van der Waals surface area contributed by atoms with E-state index in [0.29, 0.717) is 11.3 Å². The molecule has 0 bridgehead atoms. The van der Waals surface area contributed by atoms with Crippen LogP contribution in [0.25, 0.3) is 0 Å². The molecule has 0 aliphatic carbocycles.